The molecule has 4 nitrogen and oxygen atoms in total. The van der Waals surface area contributed by atoms with Crippen LogP contribution in [-0.4, -0.2) is 42.6 Å². The molecular weight excluding hydrogens is 212 g/mol. The fourth-order valence-corrected chi connectivity index (χ4v) is 2.17. The van der Waals surface area contributed by atoms with E-state index in [4.69, 9.17) is 18.0 Å². The van der Waals surface area contributed by atoms with Crippen molar-refractivity contribution in [1.29, 1.82) is 0 Å². The van der Waals surface area contributed by atoms with Crippen LogP contribution in [-0.2, 0) is 18.0 Å². The normalized spacial score (nSPS) is 15.2. The molecule has 0 atom stereocenters. The summed E-state index contributed by atoms with van der Waals surface area (Å²) in [6.07, 6.45) is 2.56. The van der Waals surface area contributed by atoms with Crippen LogP contribution >= 0.6 is 0 Å². The third-order valence-electron chi connectivity index (χ3n) is 1.74. The van der Waals surface area contributed by atoms with Crippen LogP contribution in [0, 0.1) is 0 Å². The Hall–Kier alpha value is 0.0569. The van der Waals surface area contributed by atoms with Crippen molar-refractivity contribution in [3.05, 3.63) is 0 Å². The molecule has 1 fully saturated rings. The Balaban J connectivity index is 0.000000322. The van der Waals surface area contributed by atoms with Gasteiger partial charge in [-0.2, -0.15) is 0 Å². The zero-order valence-electron chi connectivity index (χ0n) is 10.2. The Morgan fingerprint density at radius 1 is 0.867 bits per heavy atom. The highest BCUT2D eigenvalue weighted by Gasteiger charge is 2.11. The number of ether oxygens (including phenoxy) is 1. The Morgan fingerprint density at radius 2 is 1.27 bits per heavy atom. The van der Waals surface area contributed by atoms with Gasteiger partial charge in [0.15, 0.2) is 0 Å². The molecule has 1 aliphatic heterocycles. The topological polar surface area (TPSA) is 36.9 Å². The van der Waals surface area contributed by atoms with Crippen molar-refractivity contribution < 1.29 is 18.0 Å². The van der Waals surface area contributed by atoms with Crippen LogP contribution in [0.5, 0.6) is 0 Å². The Kier molecular flexibility index (Phi) is 12.2. The lowest BCUT2D eigenvalue weighted by Crippen LogP contribution is -2.27. The van der Waals surface area contributed by atoms with E-state index in [1.54, 1.807) is 0 Å². The minimum atomic E-state index is -1.73. The predicted octanol–water partition coefficient (Wildman–Crippen LogP) is 1.61. The van der Waals surface area contributed by atoms with E-state index in [1.807, 2.05) is 20.8 Å². The molecule has 5 heteroatoms. The first-order valence-electron chi connectivity index (χ1n) is 5.77. The van der Waals surface area contributed by atoms with Gasteiger partial charge in [-0.15, -0.1) is 0 Å². The Bertz CT molecular complexity index is 98.1. The summed E-state index contributed by atoms with van der Waals surface area (Å²) in [5.74, 6) is 0. The van der Waals surface area contributed by atoms with Gasteiger partial charge in [-0.05, 0) is 33.6 Å². The first kappa shape index (κ1) is 15.1. The van der Waals surface area contributed by atoms with E-state index in [0.29, 0.717) is 19.8 Å². The zero-order chi connectivity index (χ0) is 11.4. The predicted molar refractivity (Wildman–Crippen MR) is 62.1 cm³/mol. The number of hydrogen-bond acceptors (Lipinski definition) is 4. The van der Waals surface area contributed by atoms with Gasteiger partial charge in [-0.1, -0.05) is 0 Å². The summed E-state index contributed by atoms with van der Waals surface area (Å²) in [7, 11) is -1.73. The zero-order valence-corrected chi connectivity index (χ0v) is 11.3. The van der Waals surface area contributed by atoms with Gasteiger partial charge in [0.25, 0.3) is 0 Å². The smallest absolute Gasteiger partial charge is 0.381 e. The van der Waals surface area contributed by atoms with Crippen LogP contribution < -0.4 is 0 Å². The molecule has 0 aromatic rings. The van der Waals surface area contributed by atoms with Crippen molar-refractivity contribution in [2.24, 2.45) is 0 Å². The monoisotopic (exact) mass is 236 g/mol. The SMILES string of the molecule is C1CCOC1.CCO[SiH](OCC)OCC. The van der Waals surface area contributed by atoms with Gasteiger partial charge >= 0.3 is 9.53 Å². The van der Waals surface area contributed by atoms with Crippen molar-refractivity contribution >= 4 is 9.53 Å². The lowest BCUT2D eigenvalue weighted by Gasteiger charge is -2.12. The van der Waals surface area contributed by atoms with Gasteiger partial charge in [-0.25, -0.2) is 0 Å². The fraction of sp³-hybridized carbons (Fsp3) is 1.00. The van der Waals surface area contributed by atoms with Crippen molar-refractivity contribution in [2.75, 3.05) is 33.0 Å². The summed E-state index contributed by atoms with van der Waals surface area (Å²) in [5, 5.41) is 0. The van der Waals surface area contributed by atoms with Gasteiger partial charge in [0, 0.05) is 33.0 Å². The molecule has 0 spiro atoms. The molecule has 0 unspecified atom stereocenters. The van der Waals surface area contributed by atoms with Crippen LogP contribution in [0.2, 0.25) is 0 Å². The van der Waals surface area contributed by atoms with Gasteiger partial charge in [0.05, 0.1) is 0 Å². The second-order valence-electron chi connectivity index (χ2n) is 2.97. The molecular formula is C10H24O4Si. The van der Waals surface area contributed by atoms with Crippen LogP contribution in [0.25, 0.3) is 0 Å². The molecule has 0 saturated carbocycles. The summed E-state index contributed by atoms with van der Waals surface area (Å²) < 4.78 is 20.6. The molecule has 1 heterocycles. The molecule has 15 heavy (non-hydrogen) atoms. The molecule has 0 amide bonds. The third-order valence-corrected chi connectivity index (χ3v) is 3.55. The average Bonchev–Trinajstić information content (AvgIpc) is 2.77. The van der Waals surface area contributed by atoms with Gasteiger partial charge < -0.3 is 18.0 Å². The van der Waals surface area contributed by atoms with E-state index in [9.17, 15) is 0 Å². The maximum Gasteiger partial charge on any atom is 0.484 e. The average molecular weight is 236 g/mol. The summed E-state index contributed by atoms with van der Waals surface area (Å²) in [6, 6.07) is 0. The lowest BCUT2D eigenvalue weighted by molar-refractivity contribution is 0.107. The van der Waals surface area contributed by atoms with Crippen molar-refractivity contribution in [3.63, 3.8) is 0 Å². The minimum absolute atomic E-state index is 0.677. The van der Waals surface area contributed by atoms with Crippen molar-refractivity contribution in [1.82, 2.24) is 0 Å². The molecule has 0 aromatic heterocycles. The third kappa shape index (κ3) is 10.3. The van der Waals surface area contributed by atoms with E-state index in [2.05, 4.69) is 0 Å². The lowest BCUT2D eigenvalue weighted by atomic mass is 10.4. The largest absolute Gasteiger partial charge is 0.484 e. The minimum Gasteiger partial charge on any atom is -0.381 e. The molecule has 0 N–H and O–H groups in total. The Labute approximate surface area is 94.8 Å². The van der Waals surface area contributed by atoms with Crippen LogP contribution in [0.15, 0.2) is 0 Å². The molecule has 92 valence electrons. The van der Waals surface area contributed by atoms with E-state index in [0.717, 1.165) is 13.2 Å². The summed E-state index contributed by atoms with van der Waals surface area (Å²) in [5.41, 5.74) is 0. The molecule has 0 radical (unpaired) electrons. The molecule has 1 aliphatic rings. The van der Waals surface area contributed by atoms with Gasteiger partial charge in [0.1, 0.15) is 0 Å². The number of hydrogen-bond donors (Lipinski definition) is 0. The fourth-order valence-electron chi connectivity index (χ4n) is 1.06. The second-order valence-corrected chi connectivity index (χ2v) is 4.55. The summed E-state index contributed by atoms with van der Waals surface area (Å²) >= 11 is 0. The van der Waals surface area contributed by atoms with Gasteiger partial charge in [0.2, 0.25) is 0 Å². The molecule has 1 saturated heterocycles. The highest BCUT2D eigenvalue weighted by Crippen LogP contribution is 1.98. The molecule has 0 aromatic carbocycles. The van der Waals surface area contributed by atoms with E-state index >= 15 is 0 Å². The summed E-state index contributed by atoms with van der Waals surface area (Å²) in [6.45, 7) is 9.86. The van der Waals surface area contributed by atoms with Crippen LogP contribution in [0.4, 0.5) is 0 Å². The first-order chi connectivity index (χ1) is 7.35. The maximum absolute atomic E-state index is 5.22. The maximum atomic E-state index is 5.22. The van der Waals surface area contributed by atoms with E-state index in [1.165, 1.54) is 12.8 Å². The van der Waals surface area contributed by atoms with Crippen molar-refractivity contribution in [2.45, 2.75) is 33.6 Å². The molecule has 0 bridgehead atoms. The van der Waals surface area contributed by atoms with Crippen molar-refractivity contribution in [3.8, 4) is 0 Å². The molecule has 0 aliphatic carbocycles. The van der Waals surface area contributed by atoms with Gasteiger partial charge in [-0.3, -0.25) is 0 Å². The standard InChI is InChI=1S/C6H16O3Si.C4H8O/c1-4-7-10(8-5-2)9-6-3;1-2-4-5-3-1/h10H,4-6H2,1-3H3;1-4H2. The highest BCUT2D eigenvalue weighted by molar-refractivity contribution is 6.36. The Morgan fingerprint density at radius 3 is 1.47 bits per heavy atom. The summed E-state index contributed by atoms with van der Waals surface area (Å²) in [4.78, 5) is 0. The van der Waals surface area contributed by atoms with Crippen LogP contribution in [0.3, 0.4) is 0 Å². The van der Waals surface area contributed by atoms with E-state index < -0.39 is 9.53 Å². The van der Waals surface area contributed by atoms with Crippen LogP contribution in [0.1, 0.15) is 33.6 Å². The number of rotatable bonds is 6. The molecule has 1 rings (SSSR count). The quantitative estimate of drug-likeness (QED) is 0.657. The van der Waals surface area contributed by atoms with E-state index in [-0.39, 0.29) is 0 Å². The second kappa shape index (κ2) is 12.1. The highest BCUT2D eigenvalue weighted by atomic mass is 28.3. The first-order valence-corrected chi connectivity index (χ1v) is 7.19.